The Kier molecular flexibility index (Phi) is 2.26. The molecule has 3 aliphatic carbocycles. The number of rotatable bonds is 0. The van der Waals surface area contributed by atoms with Gasteiger partial charge in [-0.05, 0) is 18.1 Å². The van der Waals surface area contributed by atoms with Gasteiger partial charge in [0.15, 0.2) is 0 Å². The molecule has 5 rings (SSSR count). The van der Waals surface area contributed by atoms with Gasteiger partial charge in [-0.15, -0.1) is 0 Å². The average molecular weight is 282 g/mol. The maximum absolute atomic E-state index is 12.9. The first kappa shape index (κ1) is 12.6. The van der Waals surface area contributed by atoms with Crippen molar-refractivity contribution in [2.75, 3.05) is 14.1 Å². The zero-order valence-corrected chi connectivity index (χ0v) is 12.4. The number of amides is 3. The second-order valence-corrected chi connectivity index (χ2v) is 6.50. The minimum atomic E-state index is -0.578. The number of imide groups is 1. The summed E-state index contributed by atoms with van der Waals surface area (Å²) in [5.41, 5.74) is 1.91. The molecule has 0 unspecified atom stereocenters. The van der Waals surface area contributed by atoms with E-state index in [1.807, 2.05) is 26.1 Å². The molecule has 1 fully saturated rings. The minimum Gasteiger partial charge on any atom is -0.322 e. The van der Waals surface area contributed by atoms with Gasteiger partial charge < -0.3 is 4.90 Å². The van der Waals surface area contributed by atoms with E-state index in [1.165, 1.54) is 16.0 Å². The number of nitrogens with zero attached hydrogens (tertiary/aromatic N) is 2. The maximum Gasteiger partial charge on any atom is 0.326 e. The Morgan fingerprint density at radius 2 is 1.71 bits per heavy atom. The van der Waals surface area contributed by atoms with Gasteiger partial charge in [0.2, 0.25) is 5.91 Å². The van der Waals surface area contributed by atoms with E-state index >= 15 is 0 Å². The Labute approximate surface area is 124 Å². The molecule has 1 aromatic carbocycles. The lowest BCUT2D eigenvalue weighted by molar-refractivity contribution is -0.148. The molecule has 1 aromatic rings. The smallest absolute Gasteiger partial charge is 0.322 e. The van der Waals surface area contributed by atoms with E-state index in [0.29, 0.717) is 0 Å². The van der Waals surface area contributed by atoms with Gasteiger partial charge in [0.25, 0.3) is 0 Å². The van der Waals surface area contributed by atoms with Crippen LogP contribution in [0.4, 0.5) is 4.79 Å². The fourth-order valence-corrected chi connectivity index (χ4v) is 4.60. The predicted molar refractivity (Wildman–Crippen MR) is 78.9 cm³/mol. The molecule has 0 N–H and O–H groups in total. The standard InChI is InChI=1S/C17H18N2O2/c1-17-13-9-8-12(10-6-4-5-7-11(10)13)14(17)18(2)16(21)19(3)15(17)20/h4-9,12-14H,1-3H3/t12-,13+,14+,17-/m0/s1. The Morgan fingerprint density at radius 3 is 2.43 bits per heavy atom. The Balaban J connectivity index is 1.98. The lowest BCUT2D eigenvalue weighted by Gasteiger charge is -2.58. The third kappa shape index (κ3) is 1.26. The maximum atomic E-state index is 12.9. The number of hydrogen-bond donors (Lipinski definition) is 0. The van der Waals surface area contributed by atoms with E-state index in [9.17, 15) is 9.59 Å². The molecule has 0 spiro atoms. The van der Waals surface area contributed by atoms with Gasteiger partial charge in [0, 0.05) is 25.9 Å². The van der Waals surface area contributed by atoms with Crippen molar-refractivity contribution in [2.45, 2.75) is 24.8 Å². The molecule has 1 saturated heterocycles. The number of urea groups is 1. The van der Waals surface area contributed by atoms with Crippen LogP contribution in [-0.2, 0) is 4.79 Å². The minimum absolute atomic E-state index is 0.0363. The molecular formula is C17H18N2O2. The predicted octanol–water partition coefficient (Wildman–Crippen LogP) is 2.34. The molecule has 1 heterocycles. The quantitative estimate of drug-likeness (QED) is 0.685. The summed E-state index contributed by atoms with van der Waals surface area (Å²) in [6.45, 7) is 2.01. The van der Waals surface area contributed by atoms with Crippen LogP contribution in [0.5, 0.6) is 0 Å². The highest BCUT2D eigenvalue weighted by Gasteiger charge is 2.62. The van der Waals surface area contributed by atoms with Crippen LogP contribution in [0.1, 0.15) is 29.9 Å². The average Bonchev–Trinajstić information content (AvgIpc) is 2.51. The fourth-order valence-electron chi connectivity index (χ4n) is 4.60. The Morgan fingerprint density at radius 1 is 1.05 bits per heavy atom. The molecular weight excluding hydrogens is 264 g/mol. The number of carbonyl (C=O) groups is 2. The summed E-state index contributed by atoms with van der Waals surface area (Å²) in [6, 6.07) is 7.99. The van der Waals surface area contributed by atoms with E-state index in [2.05, 4.69) is 24.3 Å². The summed E-state index contributed by atoms with van der Waals surface area (Å²) >= 11 is 0. The lowest BCUT2D eigenvalue weighted by atomic mass is 9.53. The largest absolute Gasteiger partial charge is 0.326 e. The molecule has 108 valence electrons. The van der Waals surface area contributed by atoms with E-state index < -0.39 is 5.41 Å². The first-order valence-electron chi connectivity index (χ1n) is 7.30. The molecule has 2 bridgehead atoms. The number of allylic oxidation sites excluding steroid dienone is 1. The fraction of sp³-hybridized carbons (Fsp3) is 0.412. The van der Waals surface area contributed by atoms with Gasteiger partial charge in [-0.1, -0.05) is 36.4 Å². The van der Waals surface area contributed by atoms with Crippen molar-refractivity contribution in [1.29, 1.82) is 0 Å². The SMILES string of the molecule is CN1C(=O)N(C)[C@@H]2[C@H]3C=C[C@H](c4ccccc43)[C@]2(C)C1=O. The van der Waals surface area contributed by atoms with Crippen LogP contribution >= 0.6 is 0 Å². The molecule has 21 heavy (non-hydrogen) atoms. The first-order valence-corrected chi connectivity index (χ1v) is 7.30. The highest BCUT2D eigenvalue weighted by Crippen LogP contribution is 2.58. The Bertz CT molecular complexity index is 696. The summed E-state index contributed by atoms with van der Waals surface area (Å²) in [4.78, 5) is 28.2. The molecule has 0 saturated carbocycles. The molecule has 4 aliphatic rings. The van der Waals surface area contributed by atoms with Crippen molar-refractivity contribution in [2.24, 2.45) is 5.41 Å². The molecule has 4 nitrogen and oxygen atoms in total. The molecule has 0 aromatic heterocycles. The normalized spacial score (nSPS) is 36.8. The van der Waals surface area contributed by atoms with E-state index in [0.717, 1.165) is 0 Å². The van der Waals surface area contributed by atoms with Crippen molar-refractivity contribution in [3.8, 4) is 0 Å². The number of hydrogen-bond acceptors (Lipinski definition) is 2. The summed E-state index contributed by atoms with van der Waals surface area (Å²) in [6.07, 6.45) is 4.32. The van der Waals surface area contributed by atoms with Crippen LogP contribution in [0.2, 0.25) is 0 Å². The number of carbonyl (C=O) groups excluding carboxylic acids is 2. The molecule has 4 atom stereocenters. The summed E-state index contributed by atoms with van der Waals surface area (Å²) < 4.78 is 0. The Hall–Kier alpha value is -2.10. The second kappa shape index (κ2) is 3.75. The number of benzene rings is 1. The third-order valence-electron chi connectivity index (χ3n) is 5.57. The zero-order valence-electron chi connectivity index (χ0n) is 12.4. The molecule has 0 radical (unpaired) electrons. The van der Waals surface area contributed by atoms with Crippen molar-refractivity contribution in [1.82, 2.24) is 9.80 Å². The monoisotopic (exact) mass is 282 g/mol. The van der Waals surface area contributed by atoms with Gasteiger partial charge in [0.05, 0.1) is 11.5 Å². The summed E-state index contributed by atoms with van der Waals surface area (Å²) in [7, 11) is 3.39. The van der Waals surface area contributed by atoms with Crippen LogP contribution in [0.3, 0.4) is 0 Å². The summed E-state index contributed by atoms with van der Waals surface area (Å²) in [5.74, 6) is 0.0708. The third-order valence-corrected chi connectivity index (χ3v) is 5.57. The molecule has 4 heteroatoms. The van der Waals surface area contributed by atoms with Crippen LogP contribution in [0, 0.1) is 5.41 Å². The van der Waals surface area contributed by atoms with Crippen molar-refractivity contribution >= 4 is 11.9 Å². The highest BCUT2D eigenvalue weighted by atomic mass is 16.2. The van der Waals surface area contributed by atoms with Crippen molar-refractivity contribution < 1.29 is 9.59 Å². The van der Waals surface area contributed by atoms with Gasteiger partial charge in [0.1, 0.15) is 0 Å². The van der Waals surface area contributed by atoms with Crippen LogP contribution in [0.15, 0.2) is 36.4 Å². The van der Waals surface area contributed by atoms with Crippen LogP contribution < -0.4 is 0 Å². The van der Waals surface area contributed by atoms with E-state index in [-0.39, 0.29) is 29.8 Å². The second-order valence-electron chi connectivity index (χ2n) is 6.50. The first-order chi connectivity index (χ1) is 9.98. The lowest BCUT2D eigenvalue weighted by Crippen LogP contribution is -2.69. The van der Waals surface area contributed by atoms with Gasteiger partial charge in [-0.3, -0.25) is 9.69 Å². The molecule has 3 amide bonds. The number of likely N-dealkylation sites (N-methyl/N-ethyl adjacent to an activating group) is 1. The molecule has 1 aliphatic heterocycles. The van der Waals surface area contributed by atoms with Gasteiger partial charge in [-0.25, -0.2) is 4.79 Å². The van der Waals surface area contributed by atoms with Crippen molar-refractivity contribution in [3.05, 3.63) is 47.5 Å². The van der Waals surface area contributed by atoms with Crippen LogP contribution in [-0.4, -0.2) is 41.9 Å². The summed E-state index contributed by atoms with van der Waals surface area (Å²) in [5, 5.41) is 0. The zero-order chi connectivity index (χ0) is 14.9. The van der Waals surface area contributed by atoms with Crippen molar-refractivity contribution in [3.63, 3.8) is 0 Å². The van der Waals surface area contributed by atoms with Gasteiger partial charge >= 0.3 is 6.03 Å². The van der Waals surface area contributed by atoms with Gasteiger partial charge in [-0.2, -0.15) is 0 Å². The topological polar surface area (TPSA) is 40.6 Å². The van der Waals surface area contributed by atoms with E-state index in [4.69, 9.17) is 0 Å². The van der Waals surface area contributed by atoms with Crippen LogP contribution in [0.25, 0.3) is 0 Å². The highest BCUT2D eigenvalue weighted by molar-refractivity contribution is 6.01. The van der Waals surface area contributed by atoms with E-state index in [1.54, 1.807) is 11.9 Å².